The maximum absolute atomic E-state index is 12.3. The average Bonchev–Trinajstić information content (AvgIpc) is 2.85. The van der Waals surface area contributed by atoms with E-state index in [1.165, 1.54) is 5.56 Å². The molecule has 88 valence electrons. The summed E-state index contributed by atoms with van der Waals surface area (Å²) in [4.78, 5) is 14.3. The lowest BCUT2D eigenvalue weighted by atomic mass is 10.1. The zero-order valence-corrected chi connectivity index (χ0v) is 12.0. The molecular formula is C12H16BrNOS. The molecule has 0 bridgehead atoms. The quantitative estimate of drug-likeness (QED) is 0.765. The predicted molar refractivity (Wildman–Crippen MR) is 71.0 cm³/mol. The van der Waals surface area contributed by atoms with E-state index in [0.717, 1.165) is 19.4 Å². The van der Waals surface area contributed by atoms with E-state index in [0.29, 0.717) is 0 Å². The van der Waals surface area contributed by atoms with Gasteiger partial charge >= 0.3 is 0 Å². The van der Waals surface area contributed by atoms with Gasteiger partial charge in [0, 0.05) is 6.54 Å². The van der Waals surface area contributed by atoms with E-state index in [9.17, 15) is 4.79 Å². The van der Waals surface area contributed by atoms with E-state index < -0.39 is 4.32 Å². The number of alkyl halides is 1. The second-order valence-corrected chi connectivity index (χ2v) is 7.45. The first-order valence-corrected chi connectivity index (χ1v) is 7.26. The van der Waals surface area contributed by atoms with E-state index in [4.69, 9.17) is 0 Å². The highest BCUT2D eigenvalue weighted by molar-refractivity contribution is 9.10. The second-order valence-electron chi connectivity index (χ2n) is 4.69. The molecule has 1 aliphatic heterocycles. The van der Waals surface area contributed by atoms with E-state index in [1.54, 1.807) is 11.3 Å². The van der Waals surface area contributed by atoms with E-state index in [1.807, 2.05) is 18.7 Å². The van der Waals surface area contributed by atoms with Crippen LogP contribution in [0.5, 0.6) is 0 Å². The van der Waals surface area contributed by atoms with Gasteiger partial charge in [0.2, 0.25) is 5.91 Å². The van der Waals surface area contributed by atoms with Crippen LogP contribution in [-0.2, 0) is 4.79 Å². The maximum Gasteiger partial charge on any atom is 0.239 e. The minimum atomic E-state index is -0.453. The minimum Gasteiger partial charge on any atom is -0.334 e. The monoisotopic (exact) mass is 301 g/mol. The minimum absolute atomic E-state index is 0.196. The number of likely N-dealkylation sites (tertiary alicyclic amines) is 1. The third kappa shape index (κ3) is 2.33. The van der Waals surface area contributed by atoms with Gasteiger partial charge in [-0.05, 0) is 49.1 Å². The summed E-state index contributed by atoms with van der Waals surface area (Å²) in [5.74, 6) is 0.196. The molecular weight excluding hydrogens is 286 g/mol. The van der Waals surface area contributed by atoms with Crippen molar-refractivity contribution in [3.63, 3.8) is 0 Å². The summed E-state index contributed by atoms with van der Waals surface area (Å²) in [5, 5.41) is 4.23. The Morgan fingerprint density at radius 2 is 2.38 bits per heavy atom. The fourth-order valence-electron chi connectivity index (χ4n) is 2.16. The molecule has 0 aliphatic carbocycles. The lowest BCUT2D eigenvalue weighted by Gasteiger charge is -2.29. The molecule has 0 spiro atoms. The molecule has 2 heterocycles. The molecule has 1 aliphatic rings. The highest BCUT2D eigenvalue weighted by Gasteiger charge is 2.36. The fraction of sp³-hybridized carbons (Fsp3) is 0.583. The summed E-state index contributed by atoms with van der Waals surface area (Å²) >= 11 is 5.15. The topological polar surface area (TPSA) is 20.3 Å². The van der Waals surface area contributed by atoms with Crippen molar-refractivity contribution in [2.75, 3.05) is 6.54 Å². The van der Waals surface area contributed by atoms with E-state index in [-0.39, 0.29) is 11.9 Å². The van der Waals surface area contributed by atoms with Crippen molar-refractivity contribution in [2.24, 2.45) is 0 Å². The molecule has 1 unspecified atom stereocenters. The number of rotatable bonds is 2. The van der Waals surface area contributed by atoms with Gasteiger partial charge < -0.3 is 4.90 Å². The van der Waals surface area contributed by atoms with Crippen LogP contribution in [0, 0.1) is 0 Å². The first-order chi connectivity index (χ1) is 7.50. The average molecular weight is 302 g/mol. The van der Waals surface area contributed by atoms with Crippen LogP contribution in [0.2, 0.25) is 0 Å². The normalized spacial score (nSPS) is 21.4. The van der Waals surface area contributed by atoms with E-state index >= 15 is 0 Å². The number of hydrogen-bond acceptors (Lipinski definition) is 2. The molecule has 1 amide bonds. The standard InChI is InChI=1S/C12H16BrNOS/c1-12(2,13)11(15)14-6-3-4-10(14)9-5-7-16-8-9/h5,7-8,10H,3-4,6H2,1-2H3. The zero-order chi connectivity index (χ0) is 11.8. The highest BCUT2D eigenvalue weighted by atomic mass is 79.9. The van der Waals surface area contributed by atoms with Crippen LogP contribution in [0.1, 0.15) is 38.3 Å². The number of amides is 1. The molecule has 1 aromatic rings. The molecule has 1 saturated heterocycles. The third-order valence-electron chi connectivity index (χ3n) is 2.95. The second kappa shape index (κ2) is 4.49. The number of nitrogens with zero attached hydrogens (tertiary/aromatic N) is 1. The molecule has 1 fully saturated rings. The molecule has 4 heteroatoms. The zero-order valence-electron chi connectivity index (χ0n) is 9.57. The van der Waals surface area contributed by atoms with Crippen LogP contribution < -0.4 is 0 Å². The number of thiophene rings is 1. The highest BCUT2D eigenvalue weighted by Crippen LogP contribution is 2.35. The Morgan fingerprint density at radius 1 is 1.62 bits per heavy atom. The predicted octanol–water partition coefficient (Wildman–Crippen LogP) is 3.59. The molecule has 1 atom stereocenters. The first kappa shape index (κ1) is 12.1. The Bertz CT molecular complexity index is 369. The third-order valence-corrected chi connectivity index (χ3v) is 3.99. The van der Waals surface area contributed by atoms with Crippen molar-refractivity contribution in [3.8, 4) is 0 Å². The Balaban J connectivity index is 2.19. The van der Waals surface area contributed by atoms with Crippen LogP contribution in [0.25, 0.3) is 0 Å². The summed E-state index contributed by atoms with van der Waals surface area (Å²) in [7, 11) is 0. The van der Waals surface area contributed by atoms with Gasteiger partial charge in [-0.25, -0.2) is 0 Å². The molecule has 16 heavy (non-hydrogen) atoms. The van der Waals surface area contributed by atoms with E-state index in [2.05, 4.69) is 32.8 Å². The molecule has 0 N–H and O–H groups in total. The SMILES string of the molecule is CC(C)(Br)C(=O)N1CCCC1c1ccsc1. The molecule has 1 aromatic heterocycles. The van der Waals surface area contributed by atoms with Crippen molar-refractivity contribution in [1.82, 2.24) is 4.90 Å². The van der Waals surface area contributed by atoms with Crippen LogP contribution in [0.3, 0.4) is 0 Å². The summed E-state index contributed by atoms with van der Waals surface area (Å²) < 4.78 is -0.453. The Kier molecular flexibility index (Phi) is 3.40. The van der Waals surface area contributed by atoms with Crippen molar-refractivity contribution < 1.29 is 4.79 Å². The van der Waals surface area contributed by atoms with Gasteiger partial charge in [-0.1, -0.05) is 15.9 Å². The summed E-state index contributed by atoms with van der Waals surface area (Å²) in [6.45, 7) is 4.71. The number of halogens is 1. The van der Waals surface area contributed by atoms with Gasteiger partial charge in [0.25, 0.3) is 0 Å². The van der Waals surface area contributed by atoms with Crippen LogP contribution in [0.4, 0.5) is 0 Å². The van der Waals surface area contributed by atoms with Gasteiger partial charge in [0.1, 0.15) is 0 Å². The molecule has 0 radical (unpaired) electrons. The van der Waals surface area contributed by atoms with Gasteiger partial charge in [-0.3, -0.25) is 4.79 Å². The van der Waals surface area contributed by atoms with Crippen molar-refractivity contribution in [1.29, 1.82) is 0 Å². The van der Waals surface area contributed by atoms with Crippen molar-refractivity contribution in [2.45, 2.75) is 37.1 Å². The number of carbonyl (C=O) groups excluding carboxylic acids is 1. The lowest BCUT2D eigenvalue weighted by Crippen LogP contribution is -2.41. The smallest absolute Gasteiger partial charge is 0.239 e. The fourth-order valence-corrected chi connectivity index (χ4v) is 3.10. The summed E-state index contributed by atoms with van der Waals surface area (Å²) in [6.07, 6.45) is 2.20. The van der Waals surface area contributed by atoms with Crippen LogP contribution in [-0.4, -0.2) is 21.7 Å². The molecule has 2 nitrogen and oxygen atoms in total. The van der Waals surface area contributed by atoms with Gasteiger partial charge in [-0.2, -0.15) is 11.3 Å². The van der Waals surface area contributed by atoms with Crippen LogP contribution >= 0.6 is 27.3 Å². The Labute approximate surface area is 109 Å². The molecule has 0 saturated carbocycles. The van der Waals surface area contributed by atoms with Crippen molar-refractivity contribution in [3.05, 3.63) is 22.4 Å². The summed E-state index contributed by atoms with van der Waals surface area (Å²) in [6, 6.07) is 2.41. The lowest BCUT2D eigenvalue weighted by molar-refractivity contribution is -0.133. The van der Waals surface area contributed by atoms with Crippen LogP contribution in [0.15, 0.2) is 16.8 Å². The Hall–Kier alpha value is -0.350. The number of hydrogen-bond donors (Lipinski definition) is 0. The molecule has 2 rings (SSSR count). The van der Waals surface area contributed by atoms with Gasteiger partial charge in [0.15, 0.2) is 0 Å². The van der Waals surface area contributed by atoms with Crippen molar-refractivity contribution >= 4 is 33.2 Å². The largest absolute Gasteiger partial charge is 0.334 e. The van der Waals surface area contributed by atoms with Gasteiger partial charge in [-0.15, -0.1) is 0 Å². The van der Waals surface area contributed by atoms with Gasteiger partial charge in [0.05, 0.1) is 10.4 Å². The maximum atomic E-state index is 12.3. The summed E-state index contributed by atoms with van der Waals surface area (Å²) in [5.41, 5.74) is 1.28. The molecule has 0 aromatic carbocycles. The first-order valence-electron chi connectivity index (χ1n) is 5.52. The number of carbonyl (C=O) groups is 1. The Morgan fingerprint density at radius 3 is 2.94 bits per heavy atom.